The van der Waals surface area contributed by atoms with E-state index in [1.807, 2.05) is 0 Å². The first kappa shape index (κ1) is 13.5. The highest BCUT2D eigenvalue weighted by Crippen LogP contribution is 2.26. The number of rotatable bonds is 2. The zero-order valence-corrected chi connectivity index (χ0v) is 11.0. The molecule has 1 N–H and O–H groups in total. The van der Waals surface area contributed by atoms with Crippen LogP contribution in [0.25, 0.3) is 11.1 Å². The number of hydrogen-bond acceptors (Lipinski definition) is 3. The summed E-state index contributed by atoms with van der Waals surface area (Å²) >= 11 is 0. The van der Waals surface area contributed by atoms with E-state index < -0.39 is 23.5 Å². The van der Waals surface area contributed by atoms with Gasteiger partial charge in [0.1, 0.15) is 17.7 Å². The molecule has 2 aromatic carbocycles. The van der Waals surface area contributed by atoms with Crippen LogP contribution in [0.15, 0.2) is 45.6 Å². The van der Waals surface area contributed by atoms with Crippen molar-refractivity contribution in [2.45, 2.75) is 6.10 Å². The fraction of sp³-hybridized carbons (Fsp3) is 0.133. The van der Waals surface area contributed by atoms with E-state index in [0.717, 1.165) is 18.2 Å². The Kier molecular flexibility index (Phi) is 3.10. The SMILES string of the molecule is Cn1c(=O)oc2cc(C(O)c3cc(F)cc(F)c3)ccc21. The standard InChI is InChI=1S/C15H11F2NO3/c1-18-12-3-2-8(6-13(12)21-15(18)20)14(19)9-4-10(16)7-11(17)5-9/h2-7,14,19H,1H3. The summed E-state index contributed by atoms with van der Waals surface area (Å²) < 4.78 is 32.7. The van der Waals surface area contributed by atoms with E-state index in [4.69, 9.17) is 4.42 Å². The summed E-state index contributed by atoms with van der Waals surface area (Å²) in [4.78, 5) is 11.4. The summed E-state index contributed by atoms with van der Waals surface area (Å²) in [5.74, 6) is -2.05. The molecular formula is C15H11F2NO3. The lowest BCUT2D eigenvalue weighted by Gasteiger charge is -2.11. The summed E-state index contributed by atoms with van der Waals surface area (Å²) in [6.45, 7) is 0. The second kappa shape index (κ2) is 4.82. The number of halogens is 2. The Morgan fingerprint density at radius 1 is 1.10 bits per heavy atom. The first-order valence-corrected chi connectivity index (χ1v) is 6.19. The van der Waals surface area contributed by atoms with Gasteiger partial charge in [0.15, 0.2) is 5.58 Å². The predicted molar refractivity (Wildman–Crippen MR) is 71.9 cm³/mol. The molecule has 1 unspecified atom stereocenters. The number of fused-ring (bicyclic) bond motifs is 1. The lowest BCUT2D eigenvalue weighted by atomic mass is 10.0. The van der Waals surface area contributed by atoms with E-state index in [1.54, 1.807) is 19.2 Å². The molecule has 108 valence electrons. The quantitative estimate of drug-likeness (QED) is 0.789. The van der Waals surface area contributed by atoms with Crippen LogP contribution in [0.1, 0.15) is 17.2 Å². The minimum absolute atomic E-state index is 0.0881. The zero-order valence-electron chi connectivity index (χ0n) is 11.0. The molecule has 0 amide bonds. The molecule has 0 saturated heterocycles. The molecule has 0 fully saturated rings. The van der Waals surface area contributed by atoms with Crippen molar-refractivity contribution in [3.8, 4) is 0 Å². The van der Waals surface area contributed by atoms with Crippen molar-refractivity contribution in [1.29, 1.82) is 0 Å². The van der Waals surface area contributed by atoms with Crippen molar-refractivity contribution in [3.63, 3.8) is 0 Å². The minimum atomic E-state index is -1.22. The monoisotopic (exact) mass is 291 g/mol. The lowest BCUT2D eigenvalue weighted by molar-refractivity contribution is 0.219. The van der Waals surface area contributed by atoms with Gasteiger partial charge in [0.25, 0.3) is 0 Å². The molecule has 4 nitrogen and oxygen atoms in total. The minimum Gasteiger partial charge on any atom is -0.408 e. The molecule has 0 aliphatic carbocycles. The molecule has 0 saturated carbocycles. The van der Waals surface area contributed by atoms with Gasteiger partial charge in [0.2, 0.25) is 0 Å². The fourth-order valence-corrected chi connectivity index (χ4v) is 2.25. The second-order valence-electron chi connectivity index (χ2n) is 4.76. The van der Waals surface area contributed by atoms with E-state index in [2.05, 4.69) is 0 Å². The van der Waals surface area contributed by atoms with Crippen LogP contribution in [0.4, 0.5) is 8.78 Å². The first-order valence-electron chi connectivity index (χ1n) is 6.19. The molecule has 1 atom stereocenters. The number of aliphatic hydroxyl groups is 1. The molecule has 3 aromatic rings. The van der Waals surface area contributed by atoms with Crippen LogP contribution in [0.2, 0.25) is 0 Å². The normalized spacial score (nSPS) is 12.8. The van der Waals surface area contributed by atoms with Crippen LogP contribution < -0.4 is 5.76 Å². The van der Waals surface area contributed by atoms with Crippen molar-refractivity contribution in [3.05, 3.63) is 69.7 Å². The first-order chi connectivity index (χ1) is 9.95. The second-order valence-corrected chi connectivity index (χ2v) is 4.76. The summed E-state index contributed by atoms with van der Waals surface area (Å²) in [6, 6.07) is 7.50. The van der Waals surface area contributed by atoms with Crippen LogP contribution >= 0.6 is 0 Å². The van der Waals surface area contributed by atoms with Gasteiger partial charge in [-0.2, -0.15) is 0 Å². The number of benzene rings is 2. The van der Waals surface area contributed by atoms with E-state index in [0.29, 0.717) is 16.7 Å². The van der Waals surface area contributed by atoms with Crippen molar-refractivity contribution < 1.29 is 18.3 Å². The summed E-state index contributed by atoms with van der Waals surface area (Å²) in [5, 5.41) is 10.2. The third kappa shape index (κ3) is 2.34. The summed E-state index contributed by atoms with van der Waals surface area (Å²) in [6.07, 6.45) is -1.22. The highest BCUT2D eigenvalue weighted by Gasteiger charge is 2.15. The zero-order chi connectivity index (χ0) is 15.1. The Balaban J connectivity index is 2.08. The van der Waals surface area contributed by atoms with Gasteiger partial charge in [-0.3, -0.25) is 4.57 Å². The van der Waals surface area contributed by atoms with Gasteiger partial charge in [-0.1, -0.05) is 6.07 Å². The van der Waals surface area contributed by atoms with Gasteiger partial charge in [0.05, 0.1) is 5.52 Å². The van der Waals surface area contributed by atoms with Gasteiger partial charge >= 0.3 is 5.76 Å². The van der Waals surface area contributed by atoms with Gasteiger partial charge < -0.3 is 9.52 Å². The summed E-state index contributed by atoms with van der Waals surface area (Å²) in [7, 11) is 1.56. The Labute approximate surface area is 117 Å². The molecule has 1 aromatic heterocycles. The molecule has 3 rings (SSSR count). The molecule has 6 heteroatoms. The third-order valence-corrected chi connectivity index (χ3v) is 3.33. The number of aryl methyl sites for hydroxylation is 1. The number of oxazole rings is 1. The molecule has 1 heterocycles. The largest absolute Gasteiger partial charge is 0.419 e. The van der Waals surface area contributed by atoms with Crippen molar-refractivity contribution >= 4 is 11.1 Å². The molecule has 0 spiro atoms. The van der Waals surface area contributed by atoms with Gasteiger partial charge in [0, 0.05) is 13.1 Å². The average molecular weight is 291 g/mol. The van der Waals surface area contributed by atoms with E-state index in [-0.39, 0.29) is 5.56 Å². The van der Waals surface area contributed by atoms with Gasteiger partial charge in [-0.15, -0.1) is 0 Å². The topological polar surface area (TPSA) is 55.4 Å². The maximum atomic E-state index is 13.2. The average Bonchev–Trinajstić information content (AvgIpc) is 2.71. The number of nitrogens with zero attached hydrogens (tertiary/aromatic N) is 1. The van der Waals surface area contributed by atoms with E-state index in [1.165, 1.54) is 10.6 Å². The smallest absolute Gasteiger partial charge is 0.408 e. The highest BCUT2D eigenvalue weighted by atomic mass is 19.1. The van der Waals surface area contributed by atoms with Crippen molar-refractivity contribution in [1.82, 2.24) is 4.57 Å². The Bertz CT molecular complexity index is 862. The molecule has 21 heavy (non-hydrogen) atoms. The van der Waals surface area contributed by atoms with Crippen molar-refractivity contribution in [2.75, 3.05) is 0 Å². The maximum absolute atomic E-state index is 13.2. The van der Waals surface area contributed by atoms with Crippen molar-refractivity contribution in [2.24, 2.45) is 7.05 Å². The van der Waals surface area contributed by atoms with Gasteiger partial charge in [-0.05, 0) is 35.4 Å². The molecule has 0 aliphatic rings. The highest BCUT2D eigenvalue weighted by molar-refractivity contribution is 5.74. The van der Waals surface area contributed by atoms with Crippen LogP contribution in [0.3, 0.4) is 0 Å². The number of aromatic nitrogens is 1. The maximum Gasteiger partial charge on any atom is 0.419 e. The molecule has 0 aliphatic heterocycles. The molecular weight excluding hydrogens is 280 g/mol. The molecule has 0 bridgehead atoms. The predicted octanol–water partition coefficient (Wildman–Crippen LogP) is 2.49. The van der Waals surface area contributed by atoms with Crippen LogP contribution in [-0.2, 0) is 7.05 Å². The lowest BCUT2D eigenvalue weighted by Crippen LogP contribution is -2.08. The number of hydrogen-bond donors (Lipinski definition) is 1. The Hall–Kier alpha value is -2.47. The van der Waals surface area contributed by atoms with Gasteiger partial charge in [-0.25, -0.2) is 13.6 Å². The fourth-order valence-electron chi connectivity index (χ4n) is 2.25. The third-order valence-electron chi connectivity index (χ3n) is 3.33. The van der Waals surface area contributed by atoms with E-state index >= 15 is 0 Å². The van der Waals surface area contributed by atoms with Crippen LogP contribution in [0, 0.1) is 11.6 Å². The molecule has 0 radical (unpaired) electrons. The Morgan fingerprint density at radius 3 is 2.43 bits per heavy atom. The number of aliphatic hydroxyl groups excluding tert-OH is 1. The Morgan fingerprint density at radius 2 is 1.76 bits per heavy atom. The van der Waals surface area contributed by atoms with Crippen LogP contribution in [-0.4, -0.2) is 9.67 Å². The van der Waals surface area contributed by atoms with E-state index in [9.17, 15) is 18.7 Å². The van der Waals surface area contributed by atoms with Crippen LogP contribution in [0.5, 0.6) is 0 Å². The summed E-state index contributed by atoms with van der Waals surface area (Å²) in [5.41, 5.74) is 1.34.